The maximum atomic E-state index is 5.27. The van der Waals surface area contributed by atoms with Gasteiger partial charge in [-0.2, -0.15) is 0 Å². The van der Waals surface area contributed by atoms with Crippen molar-refractivity contribution in [2.45, 2.75) is 13.3 Å². The molecule has 2 rings (SSSR count). The fraction of sp³-hybridized carbons (Fsp3) is 0.250. The summed E-state index contributed by atoms with van der Waals surface area (Å²) in [7, 11) is 1.63. The van der Waals surface area contributed by atoms with Crippen LogP contribution in [0.25, 0.3) is 10.9 Å². The van der Waals surface area contributed by atoms with E-state index in [1.165, 1.54) is 0 Å². The van der Waals surface area contributed by atoms with Crippen molar-refractivity contribution in [2.75, 3.05) is 7.11 Å². The Morgan fingerprint density at radius 3 is 3.00 bits per heavy atom. The molecule has 0 aliphatic heterocycles. The fourth-order valence-electron chi connectivity index (χ4n) is 1.66. The van der Waals surface area contributed by atoms with Gasteiger partial charge in [-0.15, -0.1) is 0 Å². The lowest BCUT2D eigenvalue weighted by Gasteiger charge is -2.08. The fourth-order valence-corrected chi connectivity index (χ4v) is 2.22. The predicted molar refractivity (Wildman–Crippen MR) is 68.9 cm³/mol. The lowest BCUT2D eigenvalue weighted by atomic mass is 10.1. The molecule has 0 radical (unpaired) electrons. The van der Waals surface area contributed by atoms with Crippen molar-refractivity contribution in [3.8, 4) is 5.88 Å². The summed E-state index contributed by atoms with van der Waals surface area (Å²) in [6.07, 6.45) is 2.63. The van der Waals surface area contributed by atoms with Crippen LogP contribution in [0.5, 0.6) is 5.88 Å². The van der Waals surface area contributed by atoms with Crippen LogP contribution in [0.4, 0.5) is 0 Å². The van der Waals surface area contributed by atoms with Gasteiger partial charge in [0.25, 0.3) is 0 Å². The first kappa shape index (κ1) is 11.2. The van der Waals surface area contributed by atoms with Gasteiger partial charge in [-0.3, -0.25) is 0 Å². The van der Waals surface area contributed by atoms with Gasteiger partial charge in [-0.05, 0) is 28.9 Å². The van der Waals surface area contributed by atoms with Crippen molar-refractivity contribution in [3.63, 3.8) is 0 Å². The molecule has 0 atom stereocenters. The second kappa shape index (κ2) is 4.29. The van der Waals surface area contributed by atoms with Gasteiger partial charge < -0.3 is 9.72 Å². The number of aromatic nitrogens is 2. The van der Waals surface area contributed by atoms with Gasteiger partial charge >= 0.3 is 0 Å². The molecule has 2 aromatic rings. The topological polar surface area (TPSA) is 37.9 Å². The van der Waals surface area contributed by atoms with E-state index in [-0.39, 0.29) is 0 Å². The van der Waals surface area contributed by atoms with Crippen LogP contribution in [0.1, 0.15) is 12.6 Å². The van der Waals surface area contributed by atoms with Crippen LogP contribution in [-0.2, 0) is 6.42 Å². The number of methoxy groups -OCH3 is 1. The first-order chi connectivity index (χ1) is 7.63. The van der Waals surface area contributed by atoms with Gasteiger partial charge in [0.2, 0.25) is 5.88 Å². The minimum absolute atomic E-state index is 0.624. The van der Waals surface area contributed by atoms with Crippen molar-refractivity contribution >= 4 is 26.8 Å². The van der Waals surface area contributed by atoms with E-state index in [9.17, 15) is 0 Å². The molecule has 2 aromatic heterocycles. The highest BCUT2D eigenvalue weighted by Crippen LogP contribution is 2.32. The molecule has 0 bridgehead atoms. The molecule has 16 heavy (non-hydrogen) atoms. The molecule has 4 heteroatoms. The number of rotatable bonds is 3. The van der Waals surface area contributed by atoms with E-state index in [0.29, 0.717) is 5.88 Å². The van der Waals surface area contributed by atoms with Gasteiger partial charge in [0.1, 0.15) is 5.52 Å². The highest BCUT2D eigenvalue weighted by molar-refractivity contribution is 9.10. The Morgan fingerprint density at radius 1 is 1.62 bits per heavy atom. The summed E-state index contributed by atoms with van der Waals surface area (Å²) < 4.78 is 6.28. The lowest BCUT2D eigenvalue weighted by molar-refractivity contribution is 0.401. The zero-order valence-corrected chi connectivity index (χ0v) is 10.9. The number of halogens is 1. The number of ether oxygens (including phenoxy) is 1. The van der Waals surface area contributed by atoms with Crippen LogP contribution in [-0.4, -0.2) is 17.1 Å². The van der Waals surface area contributed by atoms with Gasteiger partial charge in [-0.25, -0.2) is 4.98 Å². The Kier molecular flexibility index (Phi) is 3.01. The van der Waals surface area contributed by atoms with Crippen molar-refractivity contribution in [1.29, 1.82) is 0 Å². The predicted octanol–water partition coefficient (Wildman–Crippen LogP) is 3.45. The number of allylic oxidation sites excluding steroid dienone is 1. The third-order valence-electron chi connectivity index (χ3n) is 2.35. The second-order valence-corrected chi connectivity index (χ2v) is 4.57. The average molecular weight is 281 g/mol. The monoisotopic (exact) mass is 280 g/mol. The van der Waals surface area contributed by atoms with Gasteiger partial charge in [0.05, 0.1) is 12.8 Å². The van der Waals surface area contributed by atoms with Gasteiger partial charge in [-0.1, -0.05) is 12.2 Å². The van der Waals surface area contributed by atoms with E-state index in [2.05, 4.69) is 32.5 Å². The molecule has 0 unspecified atom stereocenters. The molecule has 1 N–H and O–H groups in total. The molecule has 84 valence electrons. The average Bonchev–Trinajstić information content (AvgIpc) is 2.70. The van der Waals surface area contributed by atoms with Gasteiger partial charge in [0, 0.05) is 22.5 Å². The molecule has 0 aromatic carbocycles. The van der Waals surface area contributed by atoms with Crippen molar-refractivity contribution in [3.05, 3.63) is 34.6 Å². The minimum atomic E-state index is 0.624. The summed E-state index contributed by atoms with van der Waals surface area (Å²) in [5.41, 5.74) is 2.95. The number of nitrogens with zero attached hydrogens (tertiary/aromatic N) is 1. The third kappa shape index (κ3) is 1.85. The number of pyridine rings is 1. The van der Waals surface area contributed by atoms with Crippen LogP contribution < -0.4 is 4.74 Å². The first-order valence-corrected chi connectivity index (χ1v) is 5.76. The molecule has 0 spiro atoms. The Labute approximate surface area is 103 Å². The molecule has 0 saturated carbocycles. The van der Waals surface area contributed by atoms with Crippen molar-refractivity contribution in [2.24, 2.45) is 0 Å². The molecule has 0 amide bonds. The number of H-pyrrole nitrogens is 1. The summed E-state index contributed by atoms with van der Waals surface area (Å²) in [4.78, 5) is 7.59. The largest absolute Gasteiger partial charge is 0.479 e. The summed E-state index contributed by atoms with van der Waals surface area (Å²) in [6, 6.07) is 2.01. The van der Waals surface area contributed by atoms with E-state index in [1.54, 1.807) is 7.11 Å². The number of hydrogen-bond acceptors (Lipinski definition) is 2. The molecule has 0 aliphatic carbocycles. The molecular formula is C12H13BrN2O. The van der Waals surface area contributed by atoms with E-state index < -0.39 is 0 Å². The van der Waals surface area contributed by atoms with E-state index in [0.717, 1.165) is 33.1 Å². The molecule has 0 saturated heterocycles. The highest BCUT2D eigenvalue weighted by Gasteiger charge is 2.13. The molecular weight excluding hydrogens is 268 g/mol. The Balaban J connectivity index is 2.65. The normalized spacial score (nSPS) is 10.7. The molecule has 0 aliphatic rings. The van der Waals surface area contributed by atoms with E-state index in [4.69, 9.17) is 4.74 Å². The van der Waals surface area contributed by atoms with E-state index in [1.807, 2.05) is 19.2 Å². The maximum absolute atomic E-state index is 5.27. The summed E-state index contributed by atoms with van der Waals surface area (Å²) in [5, 5.41) is 1.09. The zero-order chi connectivity index (χ0) is 11.7. The van der Waals surface area contributed by atoms with Crippen LogP contribution >= 0.6 is 15.9 Å². The minimum Gasteiger partial charge on any atom is -0.479 e. The molecule has 3 nitrogen and oxygen atoms in total. The quantitative estimate of drug-likeness (QED) is 0.875. The van der Waals surface area contributed by atoms with Crippen molar-refractivity contribution in [1.82, 2.24) is 9.97 Å². The SMILES string of the molecule is C=C(C)Cc1nc(OC)c2[nH]ccc2c1Br. The Bertz CT molecular complexity index is 545. The summed E-state index contributed by atoms with van der Waals surface area (Å²) in [6.45, 7) is 5.89. The standard InChI is InChI=1S/C12H13BrN2O/c1-7(2)6-9-10(13)8-4-5-14-11(8)12(15-9)16-3/h4-5,14H,1,6H2,2-3H3. The maximum Gasteiger partial charge on any atom is 0.238 e. The zero-order valence-electron chi connectivity index (χ0n) is 9.30. The van der Waals surface area contributed by atoms with Crippen LogP contribution in [0.15, 0.2) is 28.9 Å². The number of aromatic amines is 1. The smallest absolute Gasteiger partial charge is 0.238 e. The molecule has 0 fully saturated rings. The Hall–Kier alpha value is -1.29. The van der Waals surface area contributed by atoms with Crippen LogP contribution in [0.2, 0.25) is 0 Å². The number of nitrogens with one attached hydrogen (secondary N) is 1. The number of hydrogen-bond donors (Lipinski definition) is 1. The number of fused-ring (bicyclic) bond motifs is 1. The Morgan fingerprint density at radius 2 is 2.38 bits per heavy atom. The third-order valence-corrected chi connectivity index (χ3v) is 3.23. The molecule has 2 heterocycles. The van der Waals surface area contributed by atoms with Gasteiger partial charge in [0.15, 0.2) is 0 Å². The lowest BCUT2D eigenvalue weighted by Crippen LogP contribution is -1.97. The van der Waals surface area contributed by atoms with Crippen LogP contribution in [0, 0.1) is 0 Å². The second-order valence-electron chi connectivity index (χ2n) is 3.78. The highest BCUT2D eigenvalue weighted by atomic mass is 79.9. The summed E-state index contributed by atoms with van der Waals surface area (Å²) >= 11 is 3.57. The van der Waals surface area contributed by atoms with Crippen LogP contribution in [0.3, 0.4) is 0 Å². The summed E-state index contributed by atoms with van der Waals surface area (Å²) in [5.74, 6) is 0.624. The van der Waals surface area contributed by atoms with E-state index >= 15 is 0 Å². The first-order valence-electron chi connectivity index (χ1n) is 4.97. The van der Waals surface area contributed by atoms with Crippen molar-refractivity contribution < 1.29 is 4.74 Å².